The molecule has 0 N–H and O–H groups in total. The fourth-order valence-corrected chi connectivity index (χ4v) is 3.90. The molecule has 84 valence electrons. The lowest BCUT2D eigenvalue weighted by Crippen LogP contribution is -2.36. The second-order valence-electron chi connectivity index (χ2n) is 4.85. The van der Waals surface area contributed by atoms with Crippen molar-refractivity contribution in [3.63, 3.8) is 0 Å². The largest absolute Gasteiger partial charge is 0.416 e. The zero-order valence-electron chi connectivity index (χ0n) is 10.0. The lowest BCUT2D eigenvalue weighted by molar-refractivity contribution is 0.203. The van der Waals surface area contributed by atoms with Gasteiger partial charge < -0.3 is 9.33 Å². The first-order valence-electron chi connectivity index (χ1n) is 6.00. The highest BCUT2D eigenvalue weighted by atomic mass is 28.4. The van der Waals surface area contributed by atoms with Crippen LogP contribution in [0.4, 0.5) is 0 Å². The van der Waals surface area contributed by atoms with Gasteiger partial charge in [-0.2, -0.15) is 0 Å². The molecule has 3 heteroatoms. The van der Waals surface area contributed by atoms with Crippen molar-refractivity contribution in [3.8, 4) is 0 Å². The van der Waals surface area contributed by atoms with E-state index in [1.165, 1.54) is 38.4 Å². The van der Waals surface area contributed by atoms with E-state index >= 15 is 0 Å². The molecule has 1 aliphatic heterocycles. The minimum atomic E-state index is -1.30. The SMILES string of the molecule is CCN1CCCCC[Si](C)(C)OCC1. The maximum absolute atomic E-state index is 6.04. The monoisotopic (exact) mass is 215 g/mol. The van der Waals surface area contributed by atoms with E-state index in [1.54, 1.807) is 0 Å². The smallest absolute Gasteiger partial charge is 0.186 e. The quantitative estimate of drug-likeness (QED) is 0.624. The Morgan fingerprint density at radius 2 is 1.93 bits per heavy atom. The molecule has 0 radical (unpaired) electrons. The molecule has 0 aromatic heterocycles. The fourth-order valence-electron chi connectivity index (χ4n) is 2.01. The molecule has 1 saturated heterocycles. The summed E-state index contributed by atoms with van der Waals surface area (Å²) in [4.78, 5) is 2.51. The predicted molar refractivity (Wildman–Crippen MR) is 64.2 cm³/mol. The van der Waals surface area contributed by atoms with E-state index in [1.807, 2.05) is 0 Å². The van der Waals surface area contributed by atoms with Gasteiger partial charge in [0.05, 0.1) is 0 Å². The second-order valence-corrected chi connectivity index (χ2v) is 9.16. The van der Waals surface area contributed by atoms with Gasteiger partial charge in [0.1, 0.15) is 0 Å². The highest BCUT2D eigenvalue weighted by Crippen LogP contribution is 2.17. The van der Waals surface area contributed by atoms with Crippen LogP contribution >= 0.6 is 0 Å². The summed E-state index contributed by atoms with van der Waals surface area (Å²) in [5.41, 5.74) is 0. The summed E-state index contributed by atoms with van der Waals surface area (Å²) < 4.78 is 6.04. The van der Waals surface area contributed by atoms with Crippen LogP contribution in [0.1, 0.15) is 26.2 Å². The Balaban J connectivity index is 2.37. The van der Waals surface area contributed by atoms with Crippen molar-refractivity contribution >= 4 is 8.32 Å². The summed E-state index contributed by atoms with van der Waals surface area (Å²) in [6.07, 6.45) is 4.13. The summed E-state index contributed by atoms with van der Waals surface area (Å²) in [7, 11) is -1.30. The van der Waals surface area contributed by atoms with Crippen LogP contribution in [-0.2, 0) is 4.43 Å². The second kappa shape index (κ2) is 5.88. The molecule has 1 fully saturated rings. The zero-order chi connectivity index (χ0) is 10.4. The van der Waals surface area contributed by atoms with Crippen LogP contribution in [0.25, 0.3) is 0 Å². The Kier molecular flexibility index (Phi) is 5.13. The minimum absolute atomic E-state index is 0.951. The van der Waals surface area contributed by atoms with Crippen LogP contribution in [-0.4, -0.2) is 39.5 Å². The van der Waals surface area contributed by atoms with E-state index < -0.39 is 8.32 Å². The van der Waals surface area contributed by atoms with Gasteiger partial charge in [-0.3, -0.25) is 0 Å². The standard InChI is InChI=1S/C11H25NOSi/c1-4-12-8-6-5-7-11-14(2,3)13-10-9-12/h4-11H2,1-3H3. The van der Waals surface area contributed by atoms with E-state index in [4.69, 9.17) is 4.43 Å². The maximum atomic E-state index is 6.04. The molecule has 0 unspecified atom stereocenters. The van der Waals surface area contributed by atoms with Crippen LogP contribution in [0.5, 0.6) is 0 Å². The summed E-state index contributed by atoms with van der Waals surface area (Å²) in [5, 5.41) is 0. The highest BCUT2D eigenvalue weighted by molar-refractivity contribution is 6.71. The van der Waals surface area contributed by atoms with Gasteiger partial charge in [0.2, 0.25) is 0 Å². The average molecular weight is 215 g/mol. The van der Waals surface area contributed by atoms with Gasteiger partial charge in [-0.05, 0) is 38.6 Å². The third-order valence-corrected chi connectivity index (χ3v) is 5.64. The molecule has 1 heterocycles. The van der Waals surface area contributed by atoms with Crippen LogP contribution < -0.4 is 0 Å². The minimum Gasteiger partial charge on any atom is -0.416 e. The summed E-state index contributed by atoms with van der Waals surface area (Å²) in [5.74, 6) is 0. The van der Waals surface area contributed by atoms with E-state index in [0.29, 0.717) is 0 Å². The van der Waals surface area contributed by atoms with E-state index in [2.05, 4.69) is 24.9 Å². The van der Waals surface area contributed by atoms with Gasteiger partial charge in [-0.15, -0.1) is 0 Å². The molecule has 2 nitrogen and oxygen atoms in total. The molecule has 1 rings (SSSR count). The van der Waals surface area contributed by atoms with Crippen molar-refractivity contribution in [2.45, 2.75) is 45.3 Å². The Morgan fingerprint density at radius 1 is 1.14 bits per heavy atom. The van der Waals surface area contributed by atoms with Crippen LogP contribution in [0.15, 0.2) is 0 Å². The third-order valence-electron chi connectivity index (χ3n) is 3.10. The molecular formula is C11H25NOSi. The fraction of sp³-hybridized carbons (Fsp3) is 1.00. The van der Waals surface area contributed by atoms with Gasteiger partial charge in [0, 0.05) is 13.2 Å². The zero-order valence-corrected chi connectivity index (χ0v) is 11.0. The molecule has 0 aliphatic carbocycles. The molecule has 0 atom stereocenters. The average Bonchev–Trinajstić information content (AvgIpc) is 2.14. The Bertz CT molecular complexity index is 161. The summed E-state index contributed by atoms with van der Waals surface area (Å²) >= 11 is 0. The molecule has 0 bridgehead atoms. The highest BCUT2D eigenvalue weighted by Gasteiger charge is 2.22. The van der Waals surface area contributed by atoms with Gasteiger partial charge >= 0.3 is 0 Å². The molecule has 0 spiro atoms. The molecule has 0 aromatic carbocycles. The molecule has 0 amide bonds. The lowest BCUT2D eigenvalue weighted by atomic mass is 10.2. The Labute approximate surface area is 89.8 Å². The normalized spacial score (nSPS) is 25.9. The number of hydrogen-bond acceptors (Lipinski definition) is 2. The van der Waals surface area contributed by atoms with E-state index in [-0.39, 0.29) is 0 Å². The van der Waals surface area contributed by atoms with Crippen molar-refractivity contribution in [2.75, 3.05) is 26.2 Å². The number of rotatable bonds is 1. The van der Waals surface area contributed by atoms with Gasteiger partial charge in [0.15, 0.2) is 8.32 Å². The van der Waals surface area contributed by atoms with Gasteiger partial charge in [-0.25, -0.2) is 0 Å². The molecule has 1 aliphatic rings. The van der Waals surface area contributed by atoms with Gasteiger partial charge in [0.25, 0.3) is 0 Å². The lowest BCUT2D eigenvalue weighted by Gasteiger charge is -2.28. The Hall–Kier alpha value is 0.137. The Morgan fingerprint density at radius 3 is 2.64 bits per heavy atom. The van der Waals surface area contributed by atoms with Crippen molar-refractivity contribution in [1.29, 1.82) is 0 Å². The van der Waals surface area contributed by atoms with Gasteiger partial charge in [-0.1, -0.05) is 19.8 Å². The first-order valence-corrected chi connectivity index (χ1v) is 9.12. The number of hydrogen-bond donors (Lipinski definition) is 0. The first kappa shape index (κ1) is 12.2. The first-order chi connectivity index (χ1) is 6.64. The van der Waals surface area contributed by atoms with Crippen LogP contribution in [0, 0.1) is 0 Å². The molecule has 0 saturated carbocycles. The summed E-state index contributed by atoms with van der Waals surface area (Å²) in [6.45, 7) is 11.5. The molecular weight excluding hydrogens is 190 g/mol. The van der Waals surface area contributed by atoms with Crippen molar-refractivity contribution < 1.29 is 4.43 Å². The van der Waals surface area contributed by atoms with Crippen molar-refractivity contribution in [2.24, 2.45) is 0 Å². The van der Waals surface area contributed by atoms with Crippen LogP contribution in [0.3, 0.4) is 0 Å². The maximum Gasteiger partial charge on any atom is 0.186 e. The van der Waals surface area contributed by atoms with Crippen molar-refractivity contribution in [1.82, 2.24) is 4.90 Å². The predicted octanol–water partition coefficient (Wildman–Crippen LogP) is 2.71. The third kappa shape index (κ3) is 4.58. The number of likely N-dealkylation sites (N-methyl/N-ethyl adjacent to an activating group) is 1. The van der Waals surface area contributed by atoms with E-state index in [0.717, 1.165) is 13.2 Å². The van der Waals surface area contributed by atoms with E-state index in [9.17, 15) is 0 Å². The topological polar surface area (TPSA) is 12.5 Å². The van der Waals surface area contributed by atoms with Crippen LogP contribution in [0.2, 0.25) is 19.1 Å². The number of nitrogens with zero attached hydrogens (tertiary/aromatic N) is 1. The molecule has 0 aromatic rings. The van der Waals surface area contributed by atoms with Crippen molar-refractivity contribution in [3.05, 3.63) is 0 Å². The summed E-state index contributed by atoms with van der Waals surface area (Å²) in [6, 6.07) is 1.35. The molecule has 14 heavy (non-hydrogen) atoms.